The molecular weight excluding hydrogens is 212 g/mol. The molecule has 0 unspecified atom stereocenters. The van der Waals surface area contributed by atoms with Crippen LogP contribution in [-0.4, -0.2) is 61.3 Å². The summed E-state index contributed by atoms with van der Waals surface area (Å²) in [6.45, 7) is 12.5. The average molecular weight is 240 g/mol. The first-order valence-electron chi connectivity index (χ1n) is 7.09. The monoisotopic (exact) mass is 240 g/mol. The van der Waals surface area contributed by atoms with Gasteiger partial charge in [-0.1, -0.05) is 13.8 Å². The topological polar surface area (TPSA) is 15.7 Å². The third kappa shape index (κ3) is 3.01. The summed E-state index contributed by atoms with van der Waals surface area (Å²) < 4.78 is 6.15. The summed E-state index contributed by atoms with van der Waals surface area (Å²) in [4.78, 5) is 5.05. The van der Waals surface area contributed by atoms with Crippen LogP contribution >= 0.6 is 0 Å². The summed E-state index contributed by atoms with van der Waals surface area (Å²) in [7, 11) is 2.21. The van der Waals surface area contributed by atoms with Crippen LogP contribution in [-0.2, 0) is 4.74 Å². The molecule has 0 N–H and O–H groups in total. The molecule has 2 rings (SSSR count). The van der Waals surface area contributed by atoms with E-state index in [-0.39, 0.29) is 5.60 Å². The molecule has 1 spiro atoms. The molecule has 2 aliphatic heterocycles. The molecule has 3 nitrogen and oxygen atoms in total. The van der Waals surface area contributed by atoms with Gasteiger partial charge in [0.25, 0.3) is 0 Å². The standard InChI is InChI=1S/C14H28N2O/c1-12(2)13(3)16-9-10-17-14(11-16)5-7-15(4)8-6-14/h12-13H,5-11H2,1-4H3/t13-/m1/s1. The number of nitrogens with zero attached hydrogens (tertiary/aromatic N) is 2. The molecule has 0 aromatic heterocycles. The zero-order valence-electron chi connectivity index (χ0n) is 11.9. The molecular formula is C14H28N2O. The average Bonchev–Trinajstić information content (AvgIpc) is 2.32. The third-order valence-electron chi connectivity index (χ3n) is 4.72. The van der Waals surface area contributed by atoms with Crippen LogP contribution in [0.2, 0.25) is 0 Å². The highest BCUT2D eigenvalue weighted by molar-refractivity contribution is 4.93. The van der Waals surface area contributed by atoms with Crippen LogP contribution in [0.25, 0.3) is 0 Å². The van der Waals surface area contributed by atoms with E-state index in [1.807, 2.05) is 0 Å². The van der Waals surface area contributed by atoms with Gasteiger partial charge in [-0.2, -0.15) is 0 Å². The Balaban J connectivity index is 1.96. The minimum absolute atomic E-state index is 0.161. The summed E-state index contributed by atoms with van der Waals surface area (Å²) in [5.41, 5.74) is 0.161. The highest BCUT2D eigenvalue weighted by Gasteiger charge is 2.40. The van der Waals surface area contributed by atoms with Gasteiger partial charge in [-0.3, -0.25) is 4.90 Å². The fraction of sp³-hybridized carbons (Fsp3) is 1.00. The van der Waals surface area contributed by atoms with Crippen molar-refractivity contribution in [2.45, 2.75) is 45.3 Å². The van der Waals surface area contributed by atoms with E-state index in [2.05, 4.69) is 37.6 Å². The molecule has 0 amide bonds. The molecule has 0 radical (unpaired) electrons. The van der Waals surface area contributed by atoms with Gasteiger partial charge >= 0.3 is 0 Å². The summed E-state index contributed by atoms with van der Waals surface area (Å²) in [5.74, 6) is 0.733. The molecule has 3 heteroatoms. The van der Waals surface area contributed by atoms with E-state index in [9.17, 15) is 0 Å². The van der Waals surface area contributed by atoms with E-state index in [1.54, 1.807) is 0 Å². The molecule has 0 aromatic rings. The number of likely N-dealkylation sites (tertiary alicyclic amines) is 1. The number of hydrogen-bond acceptors (Lipinski definition) is 3. The molecule has 2 aliphatic rings. The van der Waals surface area contributed by atoms with Crippen molar-refractivity contribution in [3.63, 3.8) is 0 Å². The number of rotatable bonds is 2. The van der Waals surface area contributed by atoms with E-state index in [1.165, 1.54) is 25.9 Å². The molecule has 100 valence electrons. The van der Waals surface area contributed by atoms with Gasteiger partial charge in [0.15, 0.2) is 0 Å². The Morgan fingerprint density at radius 2 is 1.71 bits per heavy atom. The molecule has 2 fully saturated rings. The van der Waals surface area contributed by atoms with Crippen molar-refractivity contribution in [1.29, 1.82) is 0 Å². The molecule has 0 bridgehead atoms. The zero-order valence-corrected chi connectivity index (χ0v) is 11.9. The van der Waals surface area contributed by atoms with Crippen molar-refractivity contribution in [3.8, 4) is 0 Å². The largest absolute Gasteiger partial charge is 0.372 e. The predicted molar refractivity (Wildman–Crippen MR) is 71.3 cm³/mol. The van der Waals surface area contributed by atoms with Crippen LogP contribution in [0.4, 0.5) is 0 Å². The Morgan fingerprint density at radius 1 is 1.06 bits per heavy atom. The Kier molecular flexibility index (Phi) is 4.11. The van der Waals surface area contributed by atoms with Crippen LogP contribution < -0.4 is 0 Å². The van der Waals surface area contributed by atoms with E-state index >= 15 is 0 Å². The van der Waals surface area contributed by atoms with E-state index in [0.29, 0.717) is 6.04 Å². The highest BCUT2D eigenvalue weighted by Crippen LogP contribution is 2.31. The van der Waals surface area contributed by atoms with Gasteiger partial charge in [0, 0.05) is 32.2 Å². The van der Waals surface area contributed by atoms with Crippen LogP contribution in [0, 0.1) is 5.92 Å². The van der Waals surface area contributed by atoms with Crippen LogP contribution in [0.5, 0.6) is 0 Å². The second kappa shape index (κ2) is 5.25. The minimum Gasteiger partial charge on any atom is -0.372 e. The Morgan fingerprint density at radius 3 is 2.29 bits per heavy atom. The first-order chi connectivity index (χ1) is 8.02. The van der Waals surface area contributed by atoms with E-state index < -0.39 is 0 Å². The lowest BCUT2D eigenvalue weighted by atomic mass is 9.88. The van der Waals surface area contributed by atoms with Gasteiger partial charge in [0.2, 0.25) is 0 Å². The van der Waals surface area contributed by atoms with Gasteiger partial charge in [-0.25, -0.2) is 0 Å². The van der Waals surface area contributed by atoms with Crippen LogP contribution in [0.15, 0.2) is 0 Å². The van der Waals surface area contributed by atoms with Crippen LogP contribution in [0.1, 0.15) is 33.6 Å². The Hall–Kier alpha value is -0.120. The van der Waals surface area contributed by atoms with Crippen molar-refractivity contribution in [2.24, 2.45) is 5.92 Å². The molecule has 1 atom stereocenters. The summed E-state index contributed by atoms with van der Waals surface area (Å²) in [6, 6.07) is 0.676. The molecule has 0 saturated carbocycles. The number of ether oxygens (including phenoxy) is 1. The van der Waals surface area contributed by atoms with Gasteiger partial charge < -0.3 is 9.64 Å². The first kappa shape index (κ1) is 13.3. The van der Waals surface area contributed by atoms with Gasteiger partial charge in [-0.15, -0.1) is 0 Å². The Labute approximate surface area is 106 Å². The third-order valence-corrected chi connectivity index (χ3v) is 4.72. The smallest absolute Gasteiger partial charge is 0.0833 e. The normalized spacial score (nSPS) is 28.8. The maximum absolute atomic E-state index is 6.15. The van der Waals surface area contributed by atoms with Gasteiger partial charge in [0.05, 0.1) is 12.2 Å². The molecule has 0 aromatic carbocycles. The van der Waals surface area contributed by atoms with Gasteiger partial charge in [-0.05, 0) is 32.7 Å². The van der Waals surface area contributed by atoms with Crippen molar-refractivity contribution in [1.82, 2.24) is 9.80 Å². The van der Waals surface area contributed by atoms with Crippen molar-refractivity contribution in [3.05, 3.63) is 0 Å². The van der Waals surface area contributed by atoms with Crippen molar-refractivity contribution >= 4 is 0 Å². The zero-order chi connectivity index (χ0) is 12.5. The first-order valence-corrected chi connectivity index (χ1v) is 7.09. The maximum Gasteiger partial charge on any atom is 0.0833 e. The van der Waals surface area contributed by atoms with E-state index in [0.717, 1.165) is 25.6 Å². The predicted octanol–water partition coefficient (Wildman–Crippen LogP) is 1.83. The second-order valence-corrected chi connectivity index (χ2v) is 6.29. The fourth-order valence-corrected chi connectivity index (χ4v) is 2.97. The molecule has 2 heterocycles. The van der Waals surface area contributed by atoms with Crippen LogP contribution in [0.3, 0.4) is 0 Å². The van der Waals surface area contributed by atoms with Crippen molar-refractivity contribution in [2.75, 3.05) is 39.8 Å². The highest BCUT2D eigenvalue weighted by atomic mass is 16.5. The van der Waals surface area contributed by atoms with Gasteiger partial charge in [0.1, 0.15) is 0 Å². The number of piperidine rings is 1. The lowest BCUT2D eigenvalue weighted by Gasteiger charge is -2.49. The number of morpholine rings is 1. The second-order valence-electron chi connectivity index (χ2n) is 6.29. The summed E-state index contributed by atoms with van der Waals surface area (Å²) in [5, 5.41) is 0. The number of hydrogen-bond donors (Lipinski definition) is 0. The molecule has 2 saturated heterocycles. The quantitative estimate of drug-likeness (QED) is 0.732. The fourth-order valence-electron chi connectivity index (χ4n) is 2.97. The molecule has 17 heavy (non-hydrogen) atoms. The lowest BCUT2D eigenvalue weighted by molar-refractivity contribution is -0.143. The van der Waals surface area contributed by atoms with Crippen molar-refractivity contribution < 1.29 is 4.74 Å². The molecule has 0 aliphatic carbocycles. The SMILES string of the molecule is CC(C)[C@@H](C)N1CCOC2(CCN(C)CC2)C1. The lowest BCUT2D eigenvalue weighted by Crippen LogP contribution is -2.58. The maximum atomic E-state index is 6.15. The summed E-state index contributed by atoms with van der Waals surface area (Å²) >= 11 is 0. The summed E-state index contributed by atoms with van der Waals surface area (Å²) in [6.07, 6.45) is 2.40. The van der Waals surface area contributed by atoms with E-state index in [4.69, 9.17) is 4.74 Å². The minimum atomic E-state index is 0.161. The Bertz CT molecular complexity index is 247.